The fraction of sp³-hybridized carbons (Fsp3) is 0.889. The number of nitrogens with two attached hydrogens (primary N) is 1. The minimum atomic E-state index is 0. The number of hydrogen-bond donors (Lipinski definition) is 2. The Hall–Kier alpha value is -0.570. The van der Waals surface area contributed by atoms with Crippen molar-refractivity contribution < 1.29 is 4.79 Å². The molecule has 1 amide bonds. The summed E-state index contributed by atoms with van der Waals surface area (Å²) < 4.78 is 0. The predicted octanol–water partition coefficient (Wildman–Crippen LogP) is 2.03. The SMILES string of the molecule is CCCCCCN=C(N)NCCN1CCN(C(=O)C2CCC2)CC1.I. The van der Waals surface area contributed by atoms with Crippen LogP contribution >= 0.6 is 24.0 Å². The summed E-state index contributed by atoms with van der Waals surface area (Å²) >= 11 is 0. The van der Waals surface area contributed by atoms with Gasteiger partial charge < -0.3 is 16.0 Å². The summed E-state index contributed by atoms with van der Waals surface area (Å²) in [5, 5.41) is 3.20. The quantitative estimate of drug-likeness (QED) is 0.237. The van der Waals surface area contributed by atoms with Gasteiger partial charge in [0.05, 0.1) is 0 Å². The van der Waals surface area contributed by atoms with Crippen molar-refractivity contribution in [2.75, 3.05) is 45.8 Å². The standard InChI is InChI=1S/C18H35N5O.HI/c1-2-3-4-5-9-20-18(19)21-10-11-22-12-14-23(15-13-22)17(24)16-7-6-8-16;/h16H,2-15H2,1H3,(H3,19,20,21);1H. The van der Waals surface area contributed by atoms with Crippen LogP contribution in [0.1, 0.15) is 51.9 Å². The minimum Gasteiger partial charge on any atom is -0.370 e. The van der Waals surface area contributed by atoms with E-state index in [9.17, 15) is 4.79 Å². The van der Waals surface area contributed by atoms with Crippen molar-refractivity contribution in [1.29, 1.82) is 0 Å². The molecular weight excluding hydrogens is 429 g/mol. The fourth-order valence-electron chi connectivity index (χ4n) is 3.24. The Balaban J connectivity index is 0.00000312. The molecule has 1 saturated heterocycles. The molecule has 146 valence electrons. The van der Waals surface area contributed by atoms with E-state index in [2.05, 4.69) is 27.0 Å². The molecule has 2 fully saturated rings. The number of carbonyl (C=O) groups excluding carboxylic acids is 1. The van der Waals surface area contributed by atoms with Gasteiger partial charge in [-0.25, -0.2) is 0 Å². The average molecular weight is 465 g/mol. The van der Waals surface area contributed by atoms with E-state index in [-0.39, 0.29) is 24.0 Å². The summed E-state index contributed by atoms with van der Waals surface area (Å²) in [6.07, 6.45) is 8.29. The van der Waals surface area contributed by atoms with E-state index in [0.717, 1.165) is 65.1 Å². The lowest BCUT2D eigenvalue weighted by atomic mass is 9.84. The van der Waals surface area contributed by atoms with Crippen LogP contribution in [0.5, 0.6) is 0 Å². The lowest BCUT2D eigenvalue weighted by molar-refractivity contribution is -0.139. The van der Waals surface area contributed by atoms with Crippen molar-refractivity contribution in [2.45, 2.75) is 51.9 Å². The zero-order chi connectivity index (χ0) is 17.2. The van der Waals surface area contributed by atoms with E-state index in [1.54, 1.807) is 0 Å². The zero-order valence-electron chi connectivity index (χ0n) is 15.7. The van der Waals surface area contributed by atoms with Gasteiger partial charge in [0.15, 0.2) is 5.96 Å². The first-order valence-corrected chi connectivity index (χ1v) is 9.75. The number of halogens is 1. The van der Waals surface area contributed by atoms with Crippen molar-refractivity contribution in [3.8, 4) is 0 Å². The molecule has 0 unspecified atom stereocenters. The normalized spacial score (nSPS) is 19.2. The first-order chi connectivity index (χ1) is 11.7. The first-order valence-electron chi connectivity index (χ1n) is 9.75. The number of unbranched alkanes of at least 4 members (excludes halogenated alkanes) is 3. The van der Waals surface area contributed by atoms with Gasteiger partial charge in [-0.2, -0.15) is 0 Å². The number of guanidine groups is 1. The molecule has 2 aliphatic rings. The van der Waals surface area contributed by atoms with Gasteiger partial charge in [0.2, 0.25) is 5.91 Å². The van der Waals surface area contributed by atoms with Crippen molar-refractivity contribution in [1.82, 2.24) is 15.1 Å². The molecule has 6 nitrogen and oxygen atoms in total. The Kier molecular flexibility index (Phi) is 11.4. The topological polar surface area (TPSA) is 74.0 Å². The molecule has 0 aromatic rings. The van der Waals surface area contributed by atoms with E-state index < -0.39 is 0 Å². The monoisotopic (exact) mass is 465 g/mol. The summed E-state index contributed by atoms with van der Waals surface area (Å²) in [6, 6.07) is 0. The number of aliphatic imine (C=N–C) groups is 1. The maximum atomic E-state index is 12.2. The average Bonchev–Trinajstić information content (AvgIpc) is 2.53. The van der Waals surface area contributed by atoms with Gasteiger partial charge in [-0.3, -0.25) is 14.7 Å². The van der Waals surface area contributed by atoms with Gasteiger partial charge in [-0.15, -0.1) is 24.0 Å². The van der Waals surface area contributed by atoms with Crippen LogP contribution in [0.4, 0.5) is 0 Å². The molecule has 0 radical (unpaired) electrons. The maximum absolute atomic E-state index is 12.2. The van der Waals surface area contributed by atoms with Crippen LogP contribution in [0.3, 0.4) is 0 Å². The van der Waals surface area contributed by atoms with E-state index >= 15 is 0 Å². The molecule has 1 aliphatic carbocycles. The van der Waals surface area contributed by atoms with E-state index in [1.807, 2.05) is 0 Å². The number of nitrogens with zero attached hydrogens (tertiary/aromatic N) is 3. The Morgan fingerprint density at radius 1 is 1.16 bits per heavy atom. The summed E-state index contributed by atoms with van der Waals surface area (Å²) in [5.41, 5.74) is 5.89. The molecule has 0 bridgehead atoms. The summed E-state index contributed by atoms with van der Waals surface area (Å²) in [7, 11) is 0. The summed E-state index contributed by atoms with van der Waals surface area (Å²) in [5.74, 6) is 1.27. The van der Waals surface area contributed by atoms with Crippen LogP contribution in [0, 0.1) is 5.92 Å². The molecule has 1 aliphatic heterocycles. The molecule has 1 heterocycles. The van der Waals surface area contributed by atoms with Crippen LogP contribution in [0.15, 0.2) is 4.99 Å². The highest BCUT2D eigenvalue weighted by atomic mass is 127. The third-order valence-corrected chi connectivity index (χ3v) is 5.17. The maximum Gasteiger partial charge on any atom is 0.225 e. The predicted molar refractivity (Wildman–Crippen MR) is 114 cm³/mol. The molecule has 0 atom stereocenters. The highest BCUT2D eigenvalue weighted by Crippen LogP contribution is 2.28. The van der Waals surface area contributed by atoms with Crippen LogP contribution in [0.25, 0.3) is 0 Å². The molecule has 0 aromatic carbocycles. The number of piperazine rings is 1. The van der Waals surface area contributed by atoms with E-state index in [0.29, 0.717) is 17.8 Å². The van der Waals surface area contributed by atoms with Gasteiger partial charge in [0.1, 0.15) is 0 Å². The van der Waals surface area contributed by atoms with Crippen LogP contribution in [0.2, 0.25) is 0 Å². The Bertz CT molecular complexity index is 406. The van der Waals surface area contributed by atoms with E-state index in [4.69, 9.17) is 5.73 Å². The van der Waals surface area contributed by atoms with Gasteiger partial charge in [0.25, 0.3) is 0 Å². The lowest BCUT2D eigenvalue weighted by Gasteiger charge is -2.38. The largest absolute Gasteiger partial charge is 0.370 e. The second-order valence-corrected chi connectivity index (χ2v) is 7.05. The van der Waals surface area contributed by atoms with Crippen LogP contribution in [-0.2, 0) is 4.79 Å². The second-order valence-electron chi connectivity index (χ2n) is 7.05. The first kappa shape index (κ1) is 22.5. The molecule has 25 heavy (non-hydrogen) atoms. The number of amides is 1. The van der Waals surface area contributed by atoms with Crippen LogP contribution in [-0.4, -0.2) is 67.5 Å². The van der Waals surface area contributed by atoms with Gasteiger partial charge in [0, 0.05) is 51.7 Å². The highest BCUT2D eigenvalue weighted by molar-refractivity contribution is 14.0. The Morgan fingerprint density at radius 3 is 2.48 bits per heavy atom. The summed E-state index contributed by atoms with van der Waals surface area (Å²) in [4.78, 5) is 21.0. The molecule has 3 N–H and O–H groups in total. The van der Waals surface area contributed by atoms with Crippen molar-refractivity contribution in [2.24, 2.45) is 16.6 Å². The number of hydrogen-bond acceptors (Lipinski definition) is 3. The van der Waals surface area contributed by atoms with E-state index in [1.165, 1.54) is 25.7 Å². The number of nitrogens with one attached hydrogen (secondary N) is 1. The molecular formula is C18H36IN5O. The molecule has 1 saturated carbocycles. The fourth-order valence-corrected chi connectivity index (χ4v) is 3.24. The second kappa shape index (κ2) is 12.7. The number of rotatable bonds is 9. The number of carbonyl (C=O) groups is 1. The van der Waals surface area contributed by atoms with Crippen molar-refractivity contribution in [3.05, 3.63) is 0 Å². The summed E-state index contributed by atoms with van der Waals surface area (Å²) in [6.45, 7) is 8.48. The third-order valence-electron chi connectivity index (χ3n) is 5.17. The van der Waals surface area contributed by atoms with Crippen molar-refractivity contribution >= 4 is 35.8 Å². The van der Waals surface area contributed by atoms with Gasteiger partial charge in [-0.05, 0) is 19.3 Å². The van der Waals surface area contributed by atoms with Crippen LogP contribution < -0.4 is 11.1 Å². The smallest absolute Gasteiger partial charge is 0.225 e. The molecule has 2 rings (SSSR count). The Labute approximate surface area is 170 Å². The van der Waals surface area contributed by atoms with Gasteiger partial charge in [-0.1, -0.05) is 32.6 Å². The third kappa shape index (κ3) is 8.11. The Morgan fingerprint density at radius 2 is 1.88 bits per heavy atom. The zero-order valence-corrected chi connectivity index (χ0v) is 18.0. The lowest BCUT2D eigenvalue weighted by Crippen LogP contribution is -2.52. The van der Waals surface area contributed by atoms with Gasteiger partial charge >= 0.3 is 0 Å². The minimum absolute atomic E-state index is 0. The highest BCUT2D eigenvalue weighted by Gasteiger charge is 2.30. The van der Waals surface area contributed by atoms with Crippen molar-refractivity contribution in [3.63, 3.8) is 0 Å². The molecule has 0 aromatic heterocycles. The molecule has 0 spiro atoms. The molecule has 7 heteroatoms.